The molecule has 31 heavy (non-hydrogen) atoms. The molecule has 2 aromatic rings. The molecular formula is C23H25NO7. The molecule has 8 heteroatoms. The van der Waals surface area contributed by atoms with E-state index >= 15 is 0 Å². The van der Waals surface area contributed by atoms with Crippen LogP contribution in [0.4, 0.5) is 0 Å². The second-order valence-electron chi connectivity index (χ2n) is 7.32. The van der Waals surface area contributed by atoms with Crippen LogP contribution < -0.4 is 29.0 Å². The molecular weight excluding hydrogens is 402 g/mol. The minimum absolute atomic E-state index is 0.129. The topological polar surface area (TPSA) is 90.7 Å². The van der Waals surface area contributed by atoms with Gasteiger partial charge in [0.2, 0.25) is 11.5 Å². The van der Waals surface area contributed by atoms with Crippen LogP contribution in [0, 0.1) is 0 Å². The fourth-order valence-electron chi connectivity index (χ4n) is 3.92. The molecule has 1 N–H and O–H groups in total. The molecule has 0 bridgehead atoms. The quantitative estimate of drug-likeness (QED) is 0.683. The molecule has 0 radical (unpaired) electrons. The summed E-state index contributed by atoms with van der Waals surface area (Å²) in [5.74, 6) is 1.42. The molecule has 4 rings (SSSR count). The van der Waals surface area contributed by atoms with Gasteiger partial charge in [0.15, 0.2) is 17.3 Å². The summed E-state index contributed by atoms with van der Waals surface area (Å²) >= 11 is 0. The van der Waals surface area contributed by atoms with Crippen molar-refractivity contribution in [1.82, 2.24) is 0 Å². The van der Waals surface area contributed by atoms with Crippen molar-refractivity contribution in [3.8, 4) is 28.7 Å². The van der Waals surface area contributed by atoms with Crippen LogP contribution in [0.1, 0.15) is 21.5 Å². The van der Waals surface area contributed by atoms with Crippen molar-refractivity contribution < 1.29 is 38.5 Å². The van der Waals surface area contributed by atoms with Crippen LogP contribution in [0.15, 0.2) is 30.0 Å². The summed E-state index contributed by atoms with van der Waals surface area (Å²) in [4.78, 5) is 14.2. The lowest BCUT2D eigenvalue weighted by atomic mass is 10.0. The molecule has 2 aliphatic heterocycles. The van der Waals surface area contributed by atoms with Gasteiger partial charge in [-0.3, -0.25) is 4.79 Å². The van der Waals surface area contributed by atoms with Crippen LogP contribution in [-0.4, -0.2) is 53.4 Å². The van der Waals surface area contributed by atoms with Gasteiger partial charge < -0.3 is 33.7 Å². The summed E-state index contributed by atoms with van der Waals surface area (Å²) < 4.78 is 27.6. The SMILES string of the molecule is COc1ccc(/C=C2\Oc3c(ccc([O-])c3C[NH+]3CCOCC3)C2=O)c(OC)c1OC. The summed E-state index contributed by atoms with van der Waals surface area (Å²) in [5.41, 5.74) is 1.51. The van der Waals surface area contributed by atoms with Gasteiger partial charge in [-0.25, -0.2) is 0 Å². The van der Waals surface area contributed by atoms with Crippen LogP contribution in [-0.2, 0) is 11.3 Å². The Morgan fingerprint density at radius 3 is 2.45 bits per heavy atom. The standard InChI is InChI=1S/C23H25NO7/c1-27-18-7-4-14(21(28-2)23(18)29-3)12-19-20(26)15-5-6-17(25)16(22(15)31-19)13-24-8-10-30-11-9-24/h4-7,12,25H,8-11,13H2,1-3H3/b19-12-. The van der Waals surface area contributed by atoms with E-state index < -0.39 is 0 Å². The predicted octanol–water partition coefficient (Wildman–Crippen LogP) is 0.817. The second kappa shape index (κ2) is 8.87. The van der Waals surface area contributed by atoms with E-state index in [4.69, 9.17) is 23.7 Å². The summed E-state index contributed by atoms with van der Waals surface area (Å²) in [7, 11) is 4.56. The number of allylic oxidation sites excluding steroid dienone is 1. The number of fused-ring (bicyclic) bond motifs is 1. The molecule has 164 valence electrons. The van der Waals surface area contributed by atoms with Crippen molar-refractivity contribution in [3.63, 3.8) is 0 Å². The molecule has 2 heterocycles. The lowest BCUT2D eigenvalue weighted by Crippen LogP contribution is -3.12. The molecule has 0 aromatic heterocycles. The van der Waals surface area contributed by atoms with Crippen LogP contribution in [0.25, 0.3) is 6.08 Å². The first-order valence-electron chi connectivity index (χ1n) is 10.0. The van der Waals surface area contributed by atoms with Gasteiger partial charge in [-0.2, -0.15) is 0 Å². The Morgan fingerprint density at radius 2 is 1.77 bits per heavy atom. The first kappa shape index (κ1) is 21.0. The zero-order chi connectivity index (χ0) is 22.0. The Balaban J connectivity index is 1.70. The summed E-state index contributed by atoms with van der Waals surface area (Å²) in [6.07, 6.45) is 1.60. The van der Waals surface area contributed by atoms with Crippen molar-refractivity contribution in [3.05, 3.63) is 46.7 Å². The first-order chi connectivity index (χ1) is 15.1. The number of ketones is 1. The van der Waals surface area contributed by atoms with Crippen molar-refractivity contribution in [2.75, 3.05) is 47.6 Å². The van der Waals surface area contributed by atoms with Gasteiger partial charge in [0.1, 0.15) is 25.4 Å². The van der Waals surface area contributed by atoms with Crippen LogP contribution in [0.2, 0.25) is 0 Å². The fourth-order valence-corrected chi connectivity index (χ4v) is 3.92. The van der Waals surface area contributed by atoms with Gasteiger partial charge in [0.25, 0.3) is 0 Å². The van der Waals surface area contributed by atoms with E-state index in [0.29, 0.717) is 59.4 Å². The van der Waals surface area contributed by atoms with E-state index in [1.54, 1.807) is 18.2 Å². The predicted molar refractivity (Wildman–Crippen MR) is 110 cm³/mol. The minimum atomic E-state index is -0.273. The number of quaternary nitrogens is 1. The zero-order valence-electron chi connectivity index (χ0n) is 17.8. The van der Waals surface area contributed by atoms with E-state index in [2.05, 4.69) is 0 Å². The van der Waals surface area contributed by atoms with Gasteiger partial charge >= 0.3 is 0 Å². The maximum Gasteiger partial charge on any atom is 0.231 e. The lowest BCUT2D eigenvalue weighted by molar-refractivity contribution is -0.921. The Labute approximate surface area is 180 Å². The van der Waals surface area contributed by atoms with E-state index in [1.165, 1.54) is 38.4 Å². The fraction of sp³-hybridized carbons (Fsp3) is 0.348. The molecule has 8 nitrogen and oxygen atoms in total. The maximum absolute atomic E-state index is 13.0. The van der Waals surface area contributed by atoms with Crippen molar-refractivity contribution in [2.24, 2.45) is 0 Å². The number of Topliss-reactive ketones (excluding diaryl/α,β-unsaturated/α-hetero) is 1. The Hall–Kier alpha value is -3.23. The molecule has 1 saturated heterocycles. The summed E-state index contributed by atoms with van der Waals surface area (Å²) in [6, 6.07) is 6.45. The number of methoxy groups -OCH3 is 3. The number of hydrogen-bond acceptors (Lipinski definition) is 7. The average Bonchev–Trinajstić information content (AvgIpc) is 3.11. The number of hydrogen-bond donors (Lipinski definition) is 1. The first-order valence-corrected chi connectivity index (χ1v) is 10.0. The highest BCUT2D eigenvalue weighted by Crippen LogP contribution is 2.43. The number of morpholine rings is 1. The largest absolute Gasteiger partial charge is 0.872 e. The molecule has 2 aliphatic rings. The Bertz CT molecular complexity index is 1030. The van der Waals surface area contributed by atoms with Gasteiger partial charge in [-0.05, 0) is 24.3 Å². The monoisotopic (exact) mass is 427 g/mol. The number of nitrogens with one attached hydrogen (secondary N) is 1. The lowest BCUT2D eigenvalue weighted by Gasteiger charge is -2.26. The van der Waals surface area contributed by atoms with Crippen LogP contribution in [0.5, 0.6) is 28.7 Å². The van der Waals surface area contributed by atoms with E-state index in [1.807, 2.05) is 0 Å². The molecule has 0 spiro atoms. The molecule has 0 aliphatic carbocycles. The molecule has 2 aromatic carbocycles. The molecule has 1 fully saturated rings. The van der Waals surface area contributed by atoms with Gasteiger partial charge in [0.05, 0.1) is 40.1 Å². The number of ether oxygens (including phenoxy) is 5. The Kier molecular flexibility index (Phi) is 6.01. The van der Waals surface area contributed by atoms with Crippen molar-refractivity contribution >= 4 is 11.9 Å². The van der Waals surface area contributed by atoms with Crippen LogP contribution in [0.3, 0.4) is 0 Å². The number of rotatable bonds is 6. The molecule has 0 atom stereocenters. The smallest absolute Gasteiger partial charge is 0.231 e. The van der Waals surface area contributed by atoms with Crippen molar-refractivity contribution in [1.29, 1.82) is 0 Å². The normalized spacial score (nSPS) is 17.4. The Morgan fingerprint density at radius 1 is 1.03 bits per heavy atom. The van der Waals surface area contributed by atoms with E-state index in [0.717, 1.165) is 13.1 Å². The molecule has 0 unspecified atom stereocenters. The highest BCUT2D eigenvalue weighted by molar-refractivity contribution is 6.15. The third-order valence-corrected chi connectivity index (χ3v) is 5.55. The third kappa shape index (κ3) is 3.92. The number of carbonyl (C=O) groups is 1. The summed E-state index contributed by atoms with van der Waals surface area (Å²) in [6.45, 7) is 3.42. The van der Waals surface area contributed by atoms with E-state index in [-0.39, 0.29) is 17.3 Å². The molecule has 0 amide bonds. The second-order valence-corrected chi connectivity index (χ2v) is 7.32. The number of benzene rings is 2. The highest BCUT2D eigenvalue weighted by Gasteiger charge is 2.32. The number of carbonyl (C=O) groups excluding carboxylic acids is 1. The van der Waals surface area contributed by atoms with Crippen LogP contribution >= 0.6 is 0 Å². The van der Waals surface area contributed by atoms with Crippen molar-refractivity contribution in [2.45, 2.75) is 6.54 Å². The van der Waals surface area contributed by atoms with Gasteiger partial charge in [0, 0.05) is 11.1 Å². The third-order valence-electron chi connectivity index (χ3n) is 5.55. The molecule has 0 saturated carbocycles. The van der Waals surface area contributed by atoms with Gasteiger partial charge in [-0.1, -0.05) is 11.8 Å². The average molecular weight is 427 g/mol. The van der Waals surface area contributed by atoms with Gasteiger partial charge in [-0.15, -0.1) is 0 Å². The minimum Gasteiger partial charge on any atom is -0.872 e. The van der Waals surface area contributed by atoms with E-state index in [9.17, 15) is 9.90 Å². The summed E-state index contributed by atoms with van der Waals surface area (Å²) in [5, 5.41) is 12.6. The maximum atomic E-state index is 13.0. The zero-order valence-corrected chi connectivity index (χ0v) is 17.8. The highest BCUT2D eigenvalue weighted by atomic mass is 16.5.